The molecule has 0 fully saturated rings. The number of nitrogens with one attached hydrogen (secondary N) is 1. The number of fused-ring (bicyclic) bond motifs is 1. The maximum atomic E-state index is 13.6. The van der Waals surface area contributed by atoms with Crippen LogP contribution in [0.5, 0.6) is 0 Å². The molecule has 1 aliphatic rings. The Morgan fingerprint density at radius 1 is 1.06 bits per heavy atom. The Labute approximate surface area is 200 Å². The van der Waals surface area contributed by atoms with E-state index in [0.29, 0.717) is 22.4 Å². The topological polar surface area (TPSA) is 112 Å². The molecule has 0 saturated heterocycles. The predicted molar refractivity (Wildman–Crippen MR) is 127 cm³/mol. The van der Waals surface area contributed by atoms with E-state index in [1.807, 2.05) is 6.07 Å². The van der Waals surface area contributed by atoms with Gasteiger partial charge in [-0.25, -0.2) is 14.3 Å². The van der Waals surface area contributed by atoms with Crippen molar-refractivity contribution in [3.05, 3.63) is 106 Å². The molecule has 0 saturated carbocycles. The Morgan fingerprint density at radius 2 is 1.83 bits per heavy atom. The van der Waals surface area contributed by atoms with Gasteiger partial charge in [-0.05, 0) is 25.1 Å². The number of nitrogens with zero attached hydrogens (tertiary/aromatic N) is 3. The van der Waals surface area contributed by atoms with Gasteiger partial charge in [0.2, 0.25) is 0 Å². The molecule has 4 aromatic rings. The van der Waals surface area contributed by atoms with Gasteiger partial charge in [0.05, 0.1) is 17.4 Å². The van der Waals surface area contributed by atoms with E-state index in [0.717, 1.165) is 0 Å². The summed E-state index contributed by atoms with van der Waals surface area (Å²) in [6.07, 6.45) is 1.88. The molecule has 3 heterocycles. The van der Waals surface area contributed by atoms with Crippen molar-refractivity contribution in [2.75, 3.05) is 5.32 Å². The number of hydrogen-bond donors (Lipinski definition) is 1. The van der Waals surface area contributed by atoms with Crippen molar-refractivity contribution in [1.29, 1.82) is 0 Å². The van der Waals surface area contributed by atoms with Crippen molar-refractivity contribution in [1.82, 2.24) is 14.8 Å². The summed E-state index contributed by atoms with van der Waals surface area (Å²) >= 11 is 0. The second kappa shape index (κ2) is 9.22. The lowest BCUT2D eigenvalue weighted by molar-refractivity contribution is -0.0723. The zero-order valence-electron chi connectivity index (χ0n) is 18.7. The first-order valence-electron chi connectivity index (χ1n) is 10.9. The summed E-state index contributed by atoms with van der Waals surface area (Å²) in [5.74, 6) is -1.45. The summed E-state index contributed by atoms with van der Waals surface area (Å²) in [5, 5.41) is 7.47. The summed E-state index contributed by atoms with van der Waals surface area (Å²) in [4.78, 5) is 43.2. The number of hydrogen-bond acceptors (Lipinski definition) is 8. The molecular weight excluding hydrogens is 448 g/mol. The summed E-state index contributed by atoms with van der Waals surface area (Å²) in [5.41, 5.74) is 1.52. The van der Waals surface area contributed by atoms with Crippen LogP contribution in [0.1, 0.15) is 39.5 Å². The third-order valence-electron chi connectivity index (χ3n) is 5.50. The molecule has 0 radical (unpaired) electrons. The van der Waals surface area contributed by atoms with E-state index in [2.05, 4.69) is 15.4 Å². The van der Waals surface area contributed by atoms with E-state index in [-0.39, 0.29) is 23.5 Å². The molecule has 2 aromatic heterocycles. The Morgan fingerprint density at radius 3 is 2.57 bits per heavy atom. The number of rotatable bonds is 6. The molecule has 1 aliphatic heterocycles. The molecule has 1 N–H and O–H groups in total. The zero-order valence-corrected chi connectivity index (χ0v) is 18.7. The number of cyclic esters (lactones) is 1. The van der Waals surface area contributed by atoms with Crippen molar-refractivity contribution in [2.45, 2.75) is 19.8 Å². The second-order valence-corrected chi connectivity index (χ2v) is 7.68. The van der Waals surface area contributed by atoms with Gasteiger partial charge in [0.25, 0.3) is 11.8 Å². The van der Waals surface area contributed by atoms with E-state index >= 15 is 0 Å². The lowest BCUT2D eigenvalue weighted by Crippen LogP contribution is -2.29. The summed E-state index contributed by atoms with van der Waals surface area (Å²) < 4.78 is 12.2. The molecule has 2 aromatic carbocycles. The normalized spacial score (nSPS) is 14.2. The molecule has 0 spiro atoms. The van der Waals surface area contributed by atoms with Crippen LogP contribution < -0.4 is 10.9 Å². The Balaban J connectivity index is 1.65. The SMILES string of the molecule is CCn1nc(-c2ccccc2)c(C(=O)OC2OC(=O)c3ccccc32)c(Nc2cccnc2)c1=O. The lowest BCUT2D eigenvalue weighted by Gasteiger charge is -2.18. The van der Waals surface area contributed by atoms with E-state index in [1.54, 1.807) is 73.8 Å². The van der Waals surface area contributed by atoms with Crippen molar-refractivity contribution in [3.63, 3.8) is 0 Å². The Hall–Kier alpha value is -4.79. The van der Waals surface area contributed by atoms with Gasteiger partial charge < -0.3 is 14.8 Å². The quantitative estimate of drug-likeness (QED) is 0.421. The second-order valence-electron chi connectivity index (χ2n) is 7.68. The van der Waals surface area contributed by atoms with E-state index < -0.39 is 23.8 Å². The third-order valence-corrected chi connectivity index (χ3v) is 5.50. The van der Waals surface area contributed by atoms with Crippen LogP contribution in [-0.4, -0.2) is 26.7 Å². The van der Waals surface area contributed by atoms with Crippen molar-refractivity contribution < 1.29 is 19.1 Å². The number of esters is 2. The molecule has 9 nitrogen and oxygen atoms in total. The number of carbonyl (C=O) groups is 2. The highest BCUT2D eigenvalue weighted by molar-refractivity contribution is 6.02. The minimum absolute atomic E-state index is 0.0173. The first-order chi connectivity index (χ1) is 17.1. The molecule has 174 valence electrons. The summed E-state index contributed by atoms with van der Waals surface area (Å²) in [7, 11) is 0. The molecule has 0 bridgehead atoms. The maximum Gasteiger partial charge on any atom is 0.346 e. The minimum Gasteiger partial charge on any atom is -0.417 e. The maximum absolute atomic E-state index is 13.6. The Bertz CT molecular complexity index is 1470. The number of carbonyl (C=O) groups excluding carboxylic acids is 2. The fourth-order valence-electron chi connectivity index (χ4n) is 3.83. The molecule has 35 heavy (non-hydrogen) atoms. The van der Waals surface area contributed by atoms with Gasteiger partial charge in [0.1, 0.15) is 16.9 Å². The Kier molecular flexibility index (Phi) is 5.80. The van der Waals surface area contributed by atoms with Crippen LogP contribution in [0.25, 0.3) is 11.3 Å². The van der Waals surface area contributed by atoms with Gasteiger partial charge >= 0.3 is 11.9 Å². The first kappa shape index (κ1) is 22.0. The fourth-order valence-corrected chi connectivity index (χ4v) is 3.83. The zero-order chi connectivity index (χ0) is 24.4. The first-order valence-corrected chi connectivity index (χ1v) is 10.9. The number of benzene rings is 2. The molecule has 5 rings (SSSR count). The van der Waals surface area contributed by atoms with Crippen LogP contribution in [-0.2, 0) is 16.0 Å². The smallest absolute Gasteiger partial charge is 0.346 e. The standard InChI is InChI=1S/C26H20N4O5/c1-2-30-23(31)22(28-17-11-8-14-27-15-17)20(21(29-30)16-9-4-3-5-10-16)25(33)35-26-19-13-7-6-12-18(19)24(32)34-26/h3-15,26,28H,2H2,1H3. The highest BCUT2D eigenvalue weighted by Crippen LogP contribution is 2.34. The summed E-state index contributed by atoms with van der Waals surface area (Å²) in [6, 6.07) is 19.1. The number of anilines is 2. The van der Waals surface area contributed by atoms with Gasteiger partial charge in [0.15, 0.2) is 0 Å². The number of pyridine rings is 1. The van der Waals surface area contributed by atoms with Crippen LogP contribution in [0, 0.1) is 0 Å². The number of ether oxygens (including phenoxy) is 2. The van der Waals surface area contributed by atoms with Gasteiger partial charge in [-0.15, -0.1) is 0 Å². The number of aryl methyl sites for hydroxylation is 1. The van der Waals surface area contributed by atoms with Crippen LogP contribution in [0.4, 0.5) is 11.4 Å². The van der Waals surface area contributed by atoms with Crippen LogP contribution in [0.3, 0.4) is 0 Å². The third kappa shape index (κ3) is 4.15. The van der Waals surface area contributed by atoms with Gasteiger partial charge in [-0.2, -0.15) is 5.10 Å². The van der Waals surface area contributed by atoms with E-state index in [4.69, 9.17) is 9.47 Å². The van der Waals surface area contributed by atoms with Gasteiger partial charge in [0, 0.05) is 23.9 Å². The minimum atomic E-state index is -1.24. The predicted octanol–water partition coefficient (Wildman–Crippen LogP) is 4.09. The van der Waals surface area contributed by atoms with E-state index in [9.17, 15) is 14.4 Å². The molecule has 0 aliphatic carbocycles. The molecule has 1 atom stereocenters. The largest absolute Gasteiger partial charge is 0.417 e. The fraction of sp³-hybridized carbons (Fsp3) is 0.115. The van der Waals surface area contributed by atoms with Crippen molar-refractivity contribution >= 4 is 23.3 Å². The lowest BCUT2D eigenvalue weighted by atomic mass is 10.0. The average molecular weight is 468 g/mol. The molecule has 9 heteroatoms. The molecular formula is C26H20N4O5. The van der Waals surface area contributed by atoms with Crippen LogP contribution >= 0.6 is 0 Å². The van der Waals surface area contributed by atoms with Gasteiger partial charge in [-0.1, -0.05) is 48.5 Å². The number of aromatic nitrogens is 3. The van der Waals surface area contributed by atoms with Crippen molar-refractivity contribution in [3.8, 4) is 11.3 Å². The summed E-state index contributed by atoms with van der Waals surface area (Å²) in [6.45, 7) is 2.06. The highest BCUT2D eigenvalue weighted by Gasteiger charge is 2.35. The van der Waals surface area contributed by atoms with Crippen molar-refractivity contribution in [2.24, 2.45) is 0 Å². The van der Waals surface area contributed by atoms with Gasteiger partial charge in [-0.3, -0.25) is 9.78 Å². The van der Waals surface area contributed by atoms with E-state index in [1.165, 1.54) is 10.9 Å². The molecule has 1 unspecified atom stereocenters. The molecule has 0 amide bonds. The monoisotopic (exact) mass is 468 g/mol. The highest BCUT2D eigenvalue weighted by atomic mass is 16.7. The average Bonchev–Trinajstić information content (AvgIpc) is 3.21. The van der Waals surface area contributed by atoms with Crippen LogP contribution in [0.2, 0.25) is 0 Å². The van der Waals surface area contributed by atoms with Crippen LogP contribution in [0.15, 0.2) is 83.9 Å².